The Bertz CT molecular complexity index is 1180. The Labute approximate surface area is 175 Å². The van der Waals surface area contributed by atoms with Gasteiger partial charge in [-0.15, -0.1) is 0 Å². The van der Waals surface area contributed by atoms with Gasteiger partial charge in [-0.3, -0.25) is 0 Å². The second-order valence-corrected chi connectivity index (χ2v) is 9.11. The third kappa shape index (κ3) is 3.73. The van der Waals surface area contributed by atoms with E-state index in [0.29, 0.717) is 24.5 Å². The average Bonchev–Trinajstić information content (AvgIpc) is 3.14. The predicted molar refractivity (Wildman–Crippen MR) is 115 cm³/mol. The van der Waals surface area contributed by atoms with Crippen molar-refractivity contribution in [2.45, 2.75) is 4.90 Å². The van der Waals surface area contributed by atoms with Crippen LogP contribution in [0.4, 0.5) is 10.5 Å². The molecule has 158 valence electrons. The first-order chi connectivity index (χ1) is 14.4. The van der Waals surface area contributed by atoms with E-state index in [-0.39, 0.29) is 24.0 Å². The zero-order valence-electron chi connectivity index (χ0n) is 16.9. The number of amides is 2. The number of nitrogens with zero attached hydrogens (tertiary/aromatic N) is 3. The molecule has 0 saturated carbocycles. The number of urea groups is 1. The van der Waals surface area contributed by atoms with Crippen molar-refractivity contribution in [2.75, 3.05) is 38.6 Å². The molecule has 1 N–H and O–H groups in total. The van der Waals surface area contributed by atoms with Gasteiger partial charge < -0.3 is 19.5 Å². The van der Waals surface area contributed by atoms with Crippen LogP contribution in [0.3, 0.4) is 0 Å². The lowest BCUT2D eigenvalue weighted by Gasteiger charge is -2.34. The molecule has 0 radical (unpaired) electrons. The lowest BCUT2D eigenvalue weighted by atomic mass is 10.2. The van der Waals surface area contributed by atoms with Gasteiger partial charge in [-0.05, 0) is 36.4 Å². The highest BCUT2D eigenvalue weighted by atomic mass is 32.2. The normalized spacial score (nSPS) is 15.3. The quantitative estimate of drug-likeness (QED) is 0.693. The Morgan fingerprint density at radius 2 is 1.77 bits per heavy atom. The first-order valence-corrected chi connectivity index (χ1v) is 11.1. The summed E-state index contributed by atoms with van der Waals surface area (Å²) in [5.41, 5.74) is 1.56. The van der Waals surface area contributed by atoms with Crippen molar-refractivity contribution in [2.24, 2.45) is 7.05 Å². The SMILES string of the molecule is COc1ccccc1NC(=O)N1CCN(S(=O)(=O)c2ccc3c(ccn3C)c2)CC1. The molecule has 1 aliphatic heterocycles. The van der Waals surface area contributed by atoms with Crippen molar-refractivity contribution >= 4 is 32.6 Å². The smallest absolute Gasteiger partial charge is 0.322 e. The van der Waals surface area contributed by atoms with Gasteiger partial charge in [0.15, 0.2) is 0 Å². The number of benzene rings is 2. The summed E-state index contributed by atoms with van der Waals surface area (Å²) in [5, 5.41) is 3.71. The van der Waals surface area contributed by atoms with Crippen molar-refractivity contribution < 1.29 is 17.9 Å². The van der Waals surface area contributed by atoms with Gasteiger partial charge in [-0.2, -0.15) is 4.31 Å². The van der Waals surface area contributed by atoms with Crippen LogP contribution in [-0.4, -0.2) is 61.5 Å². The number of methoxy groups -OCH3 is 1. The molecule has 0 spiro atoms. The molecule has 0 atom stereocenters. The molecule has 3 aromatic rings. The Hall–Kier alpha value is -3.04. The zero-order chi connectivity index (χ0) is 21.3. The van der Waals surface area contributed by atoms with E-state index in [4.69, 9.17) is 4.74 Å². The Kier molecular flexibility index (Phi) is 5.40. The number of para-hydroxylation sites is 2. The second-order valence-electron chi connectivity index (χ2n) is 7.17. The summed E-state index contributed by atoms with van der Waals surface area (Å²) in [5.74, 6) is 0.573. The topological polar surface area (TPSA) is 83.9 Å². The minimum atomic E-state index is -3.62. The highest BCUT2D eigenvalue weighted by Crippen LogP contribution is 2.25. The maximum absolute atomic E-state index is 13.1. The molecular formula is C21H24N4O4S. The fourth-order valence-electron chi connectivity index (χ4n) is 3.64. The summed E-state index contributed by atoms with van der Waals surface area (Å²) >= 11 is 0. The molecule has 1 fully saturated rings. The molecule has 2 aromatic carbocycles. The molecule has 0 unspecified atom stereocenters. The monoisotopic (exact) mass is 428 g/mol. The van der Waals surface area contributed by atoms with Crippen LogP contribution in [0.25, 0.3) is 10.9 Å². The second kappa shape index (κ2) is 8.00. The maximum Gasteiger partial charge on any atom is 0.322 e. The van der Waals surface area contributed by atoms with Crippen LogP contribution in [-0.2, 0) is 17.1 Å². The van der Waals surface area contributed by atoms with E-state index in [1.54, 1.807) is 36.3 Å². The van der Waals surface area contributed by atoms with E-state index in [0.717, 1.165) is 10.9 Å². The molecule has 4 rings (SSSR count). The van der Waals surface area contributed by atoms with Gasteiger partial charge in [0.2, 0.25) is 10.0 Å². The molecule has 2 heterocycles. The summed E-state index contributed by atoms with van der Waals surface area (Å²) in [6.07, 6.45) is 1.90. The van der Waals surface area contributed by atoms with E-state index in [2.05, 4.69) is 5.32 Å². The Balaban J connectivity index is 1.43. The number of sulfonamides is 1. The van der Waals surface area contributed by atoms with Gasteiger partial charge >= 0.3 is 6.03 Å². The fourth-order valence-corrected chi connectivity index (χ4v) is 5.10. The van der Waals surface area contributed by atoms with Crippen molar-refractivity contribution in [1.82, 2.24) is 13.8 Å². The number of hydrogen-bond donors (Lipinski definition) is 1. The Morgan fingerprint density at radius 1 is 1.03 bits per heavy atom. The summed E-state index contributed by atoms with van der Waals surface area (Å²) in [6.45, 7) is 1.12. The van der Waals surface area contributed by atoms with Crippen molar-refractivity contribution in [3.63, 3.8) is 0 Å². The van der Waals surface area contributed by atoms with Gasteiger partial charge in [0, 0.05) is 50.3 Å². The van der Waals surface area contributed by atoms with Crippen LogP contribution < -0.4 is 10.1 Å². The lowest BCUT2D eigenvalue weighted by Crippen LogP contribution is -2.51. The first kappa shape index (κ1) is 20.2. The molecule has 2 amide bonds. The maximum atomic E-state index is 13.1. The third-order valence-electron chi connectivity index (χ3n) is 5.37. The van der Waals surface area contributed by atoms with Gasteiger partial charge in [-0.1, -0.05) is 12.1 Å². The molecule has 1 saturated heterocycles. The number of carbonyl (C=O) groups is 1. The van der Waals surface area contributed by atoms with Crippen LogP contribution >= 0.6 is 0 Å². The highest BCUT2D eigenvalue weighted by molar-refractivity contribution is 7.89. The molecule has 8 nitrogen and oxygen atoms in total. The number of fused-ring (bicyclic) bond motifs is 1. The highest BCUT2D eigenvalue weighted by Gasteiger charge is 2.30. The van der Waals surface area contributed by atoms with Crippen LogP contribution in [0.2, 0.25) is 0 Å². The predicted octanol–water partition coefficient (Wildman–Crippen LogP) is 2.73. The number of ether oxygens (including phenoxy) is 1. The van der Waals surface area contributed by atoms with Gasteiger partial charge in [-0.25, -0.2) is 13.2 Å². The van der Waals surface area contributed by atoms with Crippen molar-refractivity contribution in [1.29, 1.82) is 0 Å². The zero-order valence-corrected chi connectivity index (χ0v) is 17.7. The summed E-state index contributed by atoms with van der Waals surface area (Å²) < 4.78 is 34.8. The van der Waals surface area contributed by atoms with Crippen molar-refractivity contribution in [3.05, 3.63) is 54.7 Å². The van der Waals surface area contributed by atoms with Crippen molar-refractivity contribution in [3.8, 4) is 5.75 Å². The molecule has 9 heteroatoms. The summed E-state index contributed by atoms with van der Waals surface area (Å²) in [4.78, 5) is 14.5. The third-order valence-corrected chi connectivity index (χ3v) is 7.26. The lowest BCUT2D eigenvalue weighted by molar-refractivity contribution is 0.184. The summed E-state index contributed by atoms with van der Waals surface area (Å²) in [6, 6.07) is 13.9. The standard InChI is InChI=1S/C21H24N4O4S/c1-23-10-9-16-15-17(7-8-19(16)23)30(27,28)25-13-11-24(12-14-25)21(26)22-18-5-3-4-6-20(18)29-2/h3-10,15H,11-14H2,1-2H3,(H,22,26). The average molecular weight is 429 g/mol. The van der Waals surface area contributed by atoms with Crippen LogP contribution in [0.5, 0.6) is 5.75 Å². The van der Waals surface area contributed by atoms with Crippen LogP contribution in [0.1, 0.15) is 0 Å². The van der Waals surface area contributed by atoms with Gasteiger partial charge in [0.25, 0.3) is 0 Å². The number of aromatic nitrogens is 1. The van der Waals surface area contributed by atoms with E-state index in [1.807, 2.05) is 42.1 Å². The van der Waals surface area contributed by atoms with Crippen LogP contribution in [0.15, 0.2) is 59.6 Å². The minimum Gasteiger partial charge on any atom is -0.495 e. The summed E-state index contributed by atoms with van der Waals surface area (Å²) in [7, 11) is -0.152. The number of carbonyl (C=O) groups excluding carboxylic acids is 1. The molecule has 1 aromatic heterocycles. The Morgan fingerprint density at radius 3 is 2.50 bits per heavy atom. The van der Waals surface area contributed by atoms with E-state index in [9.17, 15) is 13.2 Å². The molecular weight excluding hydrogens is 404 g/mol. The number of rotatable bonds is 4. The van der Waals surface area contributed by atoms with E-state index < -0.39 is 10.0 Å². The van der Waals surface area contributed by atoms with Gasteiger partial charge in [0.05, 0.1) is 17.7 Å². The van der Waals surface area contributed by atoms with Crippen LogP contribution in [0, 0.1) is 0 Å². The number of piperazine rings is 1. The number of hydrogen-bond acceptors (Lipinski definition) is 4. The molecule has 0 aliphatic carbocycles. The first-order valence-electron chi connectivity index (χ1n) is 9.64. The number of nitrogens with one attached hydrogen (secondary N) is 1. The number of anilines is 1. The van der Waals surface area contributed by atoms with Gasteiger partial charge in [0.1, 0.15) is 5.75 Å². The number of aryl methyl sites for hydroxylation is 1. The minimum absolute atomic E-state index is 0.245. The molecule has 0 bridgehead atoms. The molecule has 30 heavy (non-hydrogen) atoms. The largest absolute Gasteiger partial charge is 0.495 e. The molecule has 1 aliphatic rings. The van der Waals surface area contributed by atoms with E-state index in [1.165, 1.54) is 4.31 Å². The van der Waals surface area contributed by atoms with E-state index >= 15 is 0 Å². The fraction of sp³-hybridized carbons (Fsp3) is 0.286.